The summed E-state index contributed by atoms with van der Waals surface area (Å²) in [6.45, 7) is 0. The van der Waals surface area contributed by atoms with Gasteiger partial charge in [0, 0.05) is 16.5 Å². The number of fused-ring (bicyclic) bond motifs is 1. The average Bonchev–Trinajstić information content (AvgIpc) is 2.50. The fourth-order valence-corrected chi connectivity index (χ4v) is 2.54. The van der Waals surface area contributed by atoms with Gasteiger partial charge in [0.2, 0.25) is 0 Å². The second-order valence-corrected chi connectivity index (χ2v) is 4.08. The van der Waals surface area contributed by atoms with Crippen molar-refractivity contribution in [1.29, 1.82) is 0 Å². The minimum atomic E-state index is 0.637. The smallest absolute Gasteiger partial charge is 0.0474 e. The maximum Gasteiger partial charge on any atom is 0.0474 e. The second-order valence-electron chi connectivity index (χ2n) is 2.67. The number of rotatable bonds is 1. The maximum atomic E-state index is 5.72. The largest absolute Gasteiger partial charge is 0.126 e. The van der Waals surface area contributed by atoms with Gasteiger partial charge in [0.15, 0.2) is 0 Å². The summed E-state index contributed by atoms with van der Waals surface area (Å²) in [5.41, 5.74) is 2.72. The monoisotopic (exact) mass is 184 g/mol. The van der Waals surface area contributed by atoms with Gasteiger partial charge in [0.1, 0.15) is 0 Å². The summed E-state index contributed by atoms with van der Waals surface area (Å²) in [6.07, 6.45) is 1.21. The molecule has 1 heterocycles. The van der Waals surface area contributed by atoms with E-state index in [4.69, 9.17) is 11.6 Å². The lowest BCUT2D eigenvalue weighted by atomic mass is 10.1. The first-order valence-corrected chi connectivity index (χ1v) is 5.23. The zero-order valence-electron chi connectivity index (χ0n) is 6.14. The van der Waals surface area contributed by atoms with Crippen molar-refractivity contribution in [2.24, 2.45) is 0 Å². The molecule has 0 bridgehead atoms. The Bertz CT molecular complexity index is 270. The van der Waals surface area contributed by atoms with Crippen LogP contribution in [0, 0.1) is 0 Å². The molecule has 11 heavy (non-hydrogen) atoms. The summed E-state index contributed by atoms with van der Waals surface area (Å²) in [5, 5.41) is 0. The topological polar surface area (TPSA) is 0 Å². The quantitative estimate of drug-likeness (QED) is 0.605. The van der Waals surface area contributed by atoms with Gasteiger partial charge in [-0.05, 0) is 23.6 Å². The number of thioether (sulfide) groups is 1. The van der Waals surface area contributed by atoms with Crippen LogP contribution in [0.5, 0.6) is 0 Å². The van der Waals surface area contributed by atoms with Crippen LogP contribution in [0.2, 0.25) is 0 Å². The van der Waals surface area contributed by atoms with Gasteiger partial charge < -0.3 is 0 Å². The Morgan fingerprint density at radius 2 is 2.36 bits per heavy atom. The number of hydrogen-bond donors (Lipinski definition) is 0. The molecule has 58 valence electrons. The van der Waals surface area contributed by atoms with Gasteiger partial charge in [-0.25, -0.2) is 0 Å². The third kappa shape index (κ3) is 1.40. The minimum absolute atomic E-state index is 0.637. The number of aryl methyl sites for hydroxylation is 1. The third-order valence-corrected chi connectivity index (χ3v) is 3.33. The SMILES string of the molecule is ClCc1ccc2c(c1)CCS2. The van der Waals surface area contributed by atoms with Gasteiger partial charge in [-0.3, -0.25) is 0 Å². The van der Waals surface area contributed by atoms with E-state index >= 15 is 0 Å². The predicted molar refractivity (Wildman–Crippen MR) is 50.4 cm³/mol. The van der Waals surface area contributed by atoms with Crippen molar-refractivity contribution in [1.82, 2.24) is 0 Å². The summed E-state index contributed by atoms with van der Waals surface area (Å²) < 4.78 is 0. The molecule has 0 unspecified atom stereocenters. The molecule has 0 spiro atoms. The van der Waals surface area contributed by atoms with Crippen molar-refractivity contribution < 1.29 is 0 Å². The van der Waals surface area contributed by atoms with Gasteiger partial charge in [-0.2, -0.15) is 0 Å². The van der Waals surface area contributed by atoms with E-state index in [1.54, 1.807) is 0 Å². The molecule has 1 aliphatic rings. The molecule has 0 fully saturated rings. The van der Waals surface area contributed by atoms with Crippen molar-refractivity contribution in [3.8, 4) is 0 Å². The lowest BCUT2D eigenvalue weighted by Gasteiger charge is -1.99. The third-order valence-electron chi connectivity index (χ3n) is 1.91. The van der Waals surface area contributed by atoms with E-state index in [1.165, 1.54) is 28.2 Å². The van der Waals surface area contributed by atoms with Crippen LogP contribution in [0.4, 0.5) is 0 Å². The van der Waals surface area contributed by atoms with Crippen molar-refractivity contribution >= 4 is 23.4 Å². The van der Waals surface area contributed by atoms with Crippen molar-refractivity contribution in [2.45, 2.75) is 17.2 Å². The number of halogens is 1. The fraction of sp³-hybridized carbons (Fsp3) is 0.333. The molecule has 0 radical (unpaired) electrons. The Labute approximate surface area is 75.9 Å². The number of benzene rings is 1. The Hall–Kier alpha value is -0.140. The van der Waals surface area contributed by atoms with Gasteiger partial charge in [-0.15, -0.1) is 23.4 Å². The molecular formula is C9H9ClS. The predicted octanol–water partition coefficient (Wildman–Crippen LogP) is 3.07. The zero-order chi connectivity index (χ0) is 7.68. The van der Waals surface area contributed by atoms with E-state index in [2.05, 4.69) is 18.2 Å². The van der Waals surface area contributed by atoms with Crippen molar-refractivity contribution in [2.75, 3.05) is 5.75 Å². The maximum absolute atomic E-state index is 5.72. The summed E-state index contributed by atoms with van der Waals surface area (Å²) in [6, 6.07) is 6.52. The summed E-state index contributed by atoms with van der Waals surface area (Å²) in [5.74, 6) is 1.87. The van der Waals surface area contributed by atoms with E-state index in [1.807, 2.05) is 11.8 Å². The number of alkyl halides is 1. The fourth-order valence-electron chi connectivity index (χ4n) is 1.32. The molecule has 1 aromatic rings. The Morgan fingerprint density at radius 3 is 3.18 bits per heavy atom. The van der Waals surface area contributed by atoms with E-state index in [-0.39, 0.29) is 0 Å². The minimum Gasteiger partial charge on any atom is -0.126 e. The highest BCUT2D eigenvalue weighted by atomic mass is 35.5. The summed E-state index contributed by atoms with van der Waals surface area (Å²) in [4.78, 5) is 1.44. The summed E-state index contributed by atoms with van der Waals surface area (Å²) >= 11 is 7.67. The molecule has 2 rings (SSSR count). The highest BCUT2D eigenvalue weighted by molar-refractivity contribution is 7.99. The summed E-state index contributed by atoms with van der Waals surface area (Å²) in [7, 11) is 0. The first kappa shape index (κ1) is 7.51. The standard InChI is InChI=1S/C9H9ClS/c10-6-7-1-2-9-8(5-7)3-4-11-9/h1-2,5H,3-4,6H2. The Morgan fingerprint density at radius 1 is 1.45 bits per heavy atom. The number of hydrogen-bond acceptors (Lipinski definition) is 1. The normalized spacial score (nSPS) is 15.0. The molecule has 1 aliphatic heterocycles. The Kier molecular flexibility index (Phi) is 2.10. The second kappa shape index (κ2) is 3.08. The van der Waals surface area contributed by atoms with Crippen molar-refractivity contribution in [3.63, 3.8) is 0 Å². The van der Waals surface area contributed by atoms with Crippen LogP contribution in [0.15, 0.2) is 23.1 Å². The molecule has 0 saturated heterocycles. The van der Waals surface area contributed by atoms with Crippen LogP contribution < -0.4 is 0 Å². The van der Waals surface area contributed by atoms with Crippen LogP contribution in [0.3, 0.4) is 0 Å². The van der Waals surface area contributed by atoms with E-state index in [0.717, 1.165) is 0 Å². The first-order valence-electron chi connectivity index (χ1n) is 3.71. The molecule has 0 saturated carbocycles. The van der Waals surface area contributed by atoms with Crippen LogP contribution >= 0.6 is 23.4 Å². The first-order chi connectivity index (χ1) is 5.40. The van der Waals surface area contributed by atoms with Crippen molar-refractivity contribution in [3.05, 3.63) is 29.3 Å². The lowest BCUT2D eigenvalue weighted by molar-refractivity contribution is 1.13. The van der Waals surface area contributed by atoms with Crippen LogP contribution in [0.25, 0.3) is 0 Å². The van der Waals surface area contributed by atoms with Gasteiger partial charge in [0.25, 0.3) is 0 Å². The van der Waals surface area contributed by atoms with Crippen LogP contribution in [0.1, 0.15) is 11.1 Å². The van der Waals surface area contributed by atoms with Gasteiger partial charge in [-0.1, -0.05) is 12.1 Å². The highest BCUT2D eigenvalue weighted by Crippen LogP contribution is 2.31. The molecule has 0 nitrogen and oxygen atoms in total. The molecule has 0 N–H and O–H groups in total. The van der Waals surface area contributed by atoms with Crippen LogP contribution in [-0.4, -0.2) is 5.75 Å². The van der Waals surface area contributed by atoms with E-state index < -0.39 is 0 Å². The molecule has 2 heteroatoms. The zero-order valence-corrected chi connectivity index (χ0v) is 7.71. The average molecular weight is 185 g/mol. The van der Waals surface area contributed by atoms with E-state index in [9.17, 15) is 0 Å². The molecule has 0 atom stereocenters. The van der Waals surface area contributed by atoms with Gasteiger partial charge >= 0.3 is 0 Å². The molecule has 0 amide bonds. The van der Waals surface area contributed by atoms with Crippen LogP contribution in [-0.2, 0) is 12.3 Å². The Balaban J connectivity index is 2.41. The lowest BCUT2D eigenvalue weighted by Crippen LogP contribution is -1.83. The molecule has 0 aliphatic carbocycles. The van der Waals surface area contributed by atoms with Gasteiger partial charge in [0.05, 0.1) is 0 Å². The molecule has 0 aromatic heterocycles. The van der Waals surface area contributed by atoms with E-state index in [0.29, 0.717) is 5.88 Å². The highest BCUT2D eigenvalue weighted by Gasteiger charge is 2.10. The molecular weight excluding hydrogens is 176 g/mol. The molecule has 1 aromatic carbocycles.